The van der Waals surface area contributed by atoms with Crippen LogP contribution in [0.2, 0.25) is 5.02 Å². The van der Waals surface area contributed by atoms with Gasteiger partial charge >= 0.3 is 0 Å². The molecule has 3 aromatic heterocycles. The lowest BCUT2D eigenvalue weighted by molar-refractivity contribution is -0.119. The Labute approximate surface area is 219 Å². The van der Waals surface area contributed by atoms with Gasteiger partial charge in [0.25, 0.3) is 11.5 Å². The summed E-state index contributed by atoms with van der Waals surface area (Å²) < 4.78 is 3.26. The highest BCUT2D eigenvalue weighted by Gasteiger charge is 2.48. The molecule has 3 heterocycles. The second kappa shape index (κ2) is 10.2. The predicted octanol–water partition coefficient (Wildman–Crippen LogP) is 3.78. The molecule has 0 radical (unpaired) electrons. The highest BCUT2D eigenvalue weighted by molar-refractivity contribution is 6.30. The van der Waals surface area contributed by atoms with Gasteiger partial charge in [-0.15, -0.1) is 0 Å². The standard InChI is InChI=1S/C26H32ClN7O3/c1-14(2)34-21(8-9-29-34)25(36)32-23(22(16-4-5-16)17-6-7-17)26(37)31-19-12-30-33(13-19)15(3)20-10-18(27)11-28-24(20)35/h8-17,22-23H,4-7H2,1-3H3,(H,28,35)(H,31,37)(H,32,36). The molecule has 0 aliphatic heterocycles. The van der Waals surface area contributed by atoms with Crippen molar-refractivity contribution < 1.29 is 9.59 Å². The summed E-state index contributed by atoms with van der Waals surface area (Å²) in [5, 5.41) is 15.0. The van der Waals surface area contributed by atoms with Crippen LogP contribution >= 0.6 is 11.6 Å². The molecule has 2 atom stereocenters. The van der Waals surface area contributed by atoms with Crippen molar-refractivity contribution in [3.05, 3.63) is 63.6 Å². The van der Waals surface area contributed by atoms with E-state index < -0.39 is 12.1 Å². The molecular formula is C26H32ClN7O3. The van der Waals surface area contributed by atoms with Gasteiger partial charge in [0.15, 0.2) is 0 Å². The van der Waals surface area contributed by atoms with Crippen LogP contribution in [0.3, 0.4) is 0 Å². The highest BCUT2D eigenvalue weighted by Crippen LogP contribution is 2.51. The van der Waals surface area contributed by atoms with Crippen molar-refractivity contribution in [1.29, 1.82) is 0 Å². The summed E-state index contributed by atoms with van der Waals surface area (Å²) in [6.45, 7) is 5.75. The number of amides is 2. The maximum atomic E-state index is 13.6. The first-order valence-corrected chi connectivity index (χ1v) is 13.2. The Morgan fingerprint density at radius 2 is 1.84 bits per heavy atom. The Morgan fingerprint density at radius 1 is 1.14 bits per heavy atom. The summed E-state index contributed by atoms with van der Waals surface area (Å²) in [5.41, 5.74) is 1.14. The third kappa shape index (κ3) is 5.49. The van der Waals surface area contributed by atoms with E-state index in [1.54, 1.807) is 40.1 Å². The number of carbonyl (C=O) groups is 2. The number of aromatic nitrogens is 5. The Morgan fingerprint density at radius 3 is 2.49 bits per heavy atom. The largest absolute Gasteiger partial charge is 0.339 e. The molecule has 10 nitrogen and oxygen atoms in total. The van der Waals surface area contributed by atoms with E-state index in [1.165, 1.54) is 6.20 Å². The zero-order valence-corrected chi connectivity index (χ0v) is 21.9. The van der Waals surface area contributed by atoms with Crippen LogP contribution in [-0.4, -0.2) is 42.4 Å². The fourth-order valence-electron chi connectivity index (χ4n) is 5.11. The molecule has 11 heteroatoms. The van der Waals surface area contributed by atoms with Crippen LogP contribution in [0.15, 0.2) is 41.7 Å². The van der Waals surface area contributed by atoms with Crippen LogP contribution < -0.4 is 16.2 Å². The van der Waals surface area contributed by atoms with Gasteiger partial charge in [0.1, 0.15) is 11.7 Å². The fraction of sp³-hybridized carbons (Fsp3) is 0.500. The van der Waals surface area contributed by atoms with Gasteiger partial charge in [0.2, 0.25) is 5.91 Å². The number of rotatable bonds is 10. The third-order valence-electron chi connectivity index (χ3n) is 7.29. The first-order chi connectivity index (χ1) is 17.7. The average molecular weight is 526 g/mol. The second-order valence-electron chi connectivity index (χ2n) is 10.4. The number of anilines is 1. The SMILES string of the molecule is CC(c1cc(Cl)c[nH]c1=O)n1cc(NC(=O)C(NC(=O)c2ccnn2C(C)C)C(C2CC2)C2CC2)cn1. The Bertz CT molecular complexity index is 1340. The highest BCUT2D eigenvalue weighted by atomic mass is 35.5. The van der Waals surface area contributed by atoms with Crippen LogP contribution in [0.5, 0.6) is 0 Å². The van der Waals surface area contributed by atoms with Crippen molar-refractivity contribution >= 4 is 29.1 Å². The summed E-state index contributed by atoms with van der Waals surface area (Å²) in [6.07, 6.45) is 10.6. The summed E-state index contributed by atoms with van der Waals surface area (Å²) >= 11 is 6.06. The van der Waals surface area contributed by atoms with Crippen LogP contribution in [0.4, 0.5) is 5.69 Å². The molecule has 2 fully saturated rings. The zero-order valence-electron chi connectivity index (χ0n) is 21.1. The van der Waals surface area contributed by atoms with Crippen molar-refractivity contribution in [2.75, 3.05) is 5.32 Å². The van der Waals surface area contributed by atoms with Crippen LogP contribution in [0.1, 0.15) is 74.6 Å². The molecule has 2 unspecified atom stereocenters. The minimum Gasteiger partial charge on any atom is -0.339 e. The van der Waals surface area contributed by atoms with Crippen LogP contribution in [0.25, 0.3) is 0 Å². The smallest absolute Gasteiger partial charge is 0.270 e. The Balaban J connectivity index is 1.36. The van der Waals surface area contributed by atoms with Gasteiger partial charge < -0.3 is 15.6 Å². The van der Waals surface area contributed by atoms with Gasteiger partial charge in [-0.2, -0.15) is 10.2 Å². The summed E-state index contributed by atoms with van der Waals surface area (Å²) in [6, 6.07) is 2.24. The summed E-state index contributed by atoms with van der Waals surface area (Å²) in [5.74, 6) is 0.410. The van der Waals surface area contributed by atoms with Gasteiger partial charge in [0.05, 0.1) is 22.9 Å². The molecule has 0 spiro atoms. The quantitative estimate of drug-likeness (QED) is 0.371. The summed E-state index contributed by atoms with van der Waals surface area (Å²) in [4.78, 5) is 41.8. The number of hydrogen-bond acceptors (Lipinski definition) is 5. The fourth-order valence-corrected chi connectivity index (χ4v) is 5.28. The lowest BCUT2D eigenvalue weighted by Gasteiger charge is -2.27. The molecule has 3 aromatic rings. The van der Waals surface area contributed by atoms with Crippen molar-refractivity contribution in [2.24, 2.45) is 17.8 Å². The molecule has 2 saturated carbocycles. The zero-order chi connectivity index (χ0) is 26.3. The van der Waals surface area contributed by atoms with Crippen molar-refractivity contribution in [1.82, 2.24) is 29.9 Å². The van der Waals surface area contributed by atoms with Gasteiger partial charge in [-0.1, -0.05) is 11.6 Å². The maximum Gasteiger partial charge on any atom is 0.270 e. The lowest BCUT2D eigenvalue weighted by atomic mass is 9.88. The van der Waals surface area contributed by atoms with Crippen LogP contribution in [-0.2, 0) is 4.79 Å². The number of aromatic amines is 1. The van der Waals surface area contributed by atoms with Crippen molar-refractivity contribution in [3.63, 3.8) is 0 Å². The Kier molecular flexibility index (Phi) is 6.94. The van der Waals surface area contributed by atoms with Crippen molar-refractivity contribution in [3.8, 4) is 0 Å². The molecular weight excluding hydrogens is 494 g/mol. The van der Waals surface area contributed by atoms with Gasteiger partial charge in [-0.05, 0) is 76.3 Å². The molecule has 196 valence electrons. The molecule has 0 saturated heterocycles. The molecule has 2 aliphatic rings. The molecule has 3 N–H and O–H groups in total. The molecule has 0 bridgehead atoms. The van der Waals surface area contributed by atoms with E-state index in [0.29, 0.717) is 33.8 Å². The lowest BCUT2D eigenvalue weighted by Crippen LogP contribution is -2.50. The maximum absolute atomic E-state index is 13.6. The first kappa shape index (κ1) is 25.3. The van der Waals surface area contributed by atoms with E-state index in [2.05, 4.69) is 25.8 Å². The average Bonchev–Trinajstić information content (AvgIpc) is 3.78. The number of nitrogens with zero attached hydrogens (tertiary/aromatic N) is 4. The number of pyridine rings is 1. The minimum atomic E-state index is -0.667. The topological polar surface area (TPSA) is 127 Å². The predicted molar refractivity (Wildman–Crippen MR) is 140 cm³/mol. The van der Waals surface area contributed by atoms with Gasteiger partial charge in [0, 0.05) is 30.2 Å². The Hall–Kier alpha value is -3.40. The number of halogens is 1. The third-order valence-corrected chi connectivity index (χ3v) is 7.51. The first-order valence-electron chi connectivity index (χ1n) is 12.8. The number of nitrogens with one attached hydrogen (secondary N) is 3. The van der Waals surface area contributed by atoms with E-state index in [0.717, 1.165) is 25.7 Å². The van der Waals surface area contributed by atoms with E-state index in [1.807, 2.05) is 20.8 Å². The van der Waals surface area contributed by atoms with E-state index >= 15 is 0 Å². The summed E-state index contributed by atoms with van der Waals surface area (Å²) in [7, 11) is 0. The molecule has 2 aliphatic carbocycles. The molecule has 37 heavy (non-hydrogen) atoms. The normalized spacial score (nSPS) is 17.1. The minimum absolute atomic E-state index is 0.0187. The second-order valence-corrected chi connectivity index (χ2v) is 10.9. The van der Waals surface area contributed by atoms with Crippen LogP contribution in [0, 0.1) is 17.8 Å². The monoisotopic (exact) mass is 525 g/mol. The van der Waals surface area contributed by atoms with E-state index in [-0.39, 0.29) is 29.3 Å². The van der Waals surface area contributed by atoms with Gasteiger partial charge in [-0.3, -0.25) is 23.7 Å². The molecule has 2 amide bonds. The van der Waals surface area contributed by atoms with E-state index in [9.17, 15) is 14.4 Å². The molecule has 0 aromatic carbocycles. The number of carbonyl (C=O) groups excluding carboxylic acids is 2. The molecule has 5 rings (SSSR count). The number of hydrogen-bond donors (Lipinski definition) is 3. The van der Waals surface area contributed by atoms with Crippen molar-refractivity contribution in [2.45, 2.75) is 64.6 Å². The number of H-pyrrole nitrogens is 1. The van der Waals surface area contributed by atoms with E-state index in [4.69, 9.17) is 11.6 Å². The van der Waals surface area contributed by atoms with Gasteiger partial charge in [-0.25, -0.2) is 0 Å².